The van der Waals surface area contributed by atoms with Gasteiger partial charge in [0.1, 0.15) is 0 Å². The largest absolute Gasteiger partial charge is 0.411 e. The maximum Gasteiger partial charge on any atom is 0.0661 e. The molecule has 0 spiro atoms. The van der Waals surface area contributed by atoms with Crippen LogP contribution in [-0.4, -0.2) is 25.5 Å². The molecule has 0 aliphatic carbocycles. The summed E-state index contributed by atoms with van der Waals surface area (Å²) >= 11 is 0. The van der Waals surface area contributed by atoms with Gasteiger partial charge in [0.05, 0.1) is 6.21 Å². The summed E-state index contributed by atoms with van der Waals surface area (Å²) in [6.07, 6.45) is 4.89. The average Bonchev–Trinajstić information content (AvgIpc) is 2.19. The topological polar surface area (TPSA) is 35.8 Å². The zero-order chi connectivity index (χ0) is 10.4. The molecule has 1 rings (SSSR count). The van der Waals surface area contributed by atoms with Gasteiger partial charge in [0.15, 0.2) is 0 Å². The van der Waals surface area contributed by atoms with Gasteiger partial charge in [-0.1, -0.05) is 23.4 Å². The number of nitrogens with zero attached hydrogens (tertiary/aromatic N) is 2. The monoisotopic (exact) mass is 190 g/mol. The van der Waals surface area contributed by atoms with Crippen molar-refractivity contribution >= 4 is 18.0 Å². The fourth-order valence-corrected chi connectivity index (χ4v) is 1.08. The summed E-state index contributed by atoms with van der Waals surface area (Å²) in [7, 11) is 4.01. The first-order chi connectivity index (χ1) is 6.74. The van der Waals surface area contributed by atoms with Crippen molar-refractivity contribution < 1.29 is 5.21 Å². The van der Waals surface area contributed by atoms with Gasteiger partial charge < -0.3 is 10.1 Å². The molecule has 0 unspecified atom stereocenters. The zero-order valence-corrected chi connectivity index (χ0v) is 8.38. The van der Waals surface area contributed by atoms with E-state index in [4.69, 9.17) is 5.21 Å². The van der Waals surface area contributed by atoms with Crippen LogP contribution in [0, 0.1) is 0 Å². The van der Waals surface area contributed by atoms with E-state index in [1.54, 1.807) is 6.08 Å². The fraction of sp³-hybridized carbons (Fsp3) is 0.182. The lowest BCUT2D eigenvalue weighted by Gasteiger charge is -2.11. The molecule has 1 aromatic rings. The number of hydrogen-bond acceptors (Lipinski definition) is 3. The Hall–Kier alpha value is -1.77. The Morgan fingerprint density at radius 2 is 1.86 bits per heavy atom. The molecule has 0 heterocycles. The van der Waals surface area contributed by atoms with Gasteiger partial charge in [-0.3, -0.25) is 0 Å². The quantitative estimate of drug-likeness (QED) is 0.450. The van der Waals surface area contributed by atoms with Gasteiger partial charge in [-0.05, 0) is 23.8 Å². The molecule has 0 aliphatic rings. The van der Waals surface area contributed by atoms with E-state index in [0.717, 1.165) is 11.3 Å². The molecule has 0 radical (unpaired) electrons. The first-order valence-corrected chi connectivity index (χ1v) is 4.35. The number of benzene rings is 1. The third-order valence-corrected chi connectivity index (χ3v) is 1.85. The first-order valence-electron chi connectivity index (χ1n) is 4.35. The Morgan fingerprint density at radius 3 is 2.36 bits per heavy atom. The van der Waals surface area contributed by atoms with Crippen LogP contribution in [0.4, 0.5) is 5.69 Å². The summed E-state index contributed by atoms with van der Waals surface area (Å²) in [5, 5.41) is 11.0. The molecule has 0 aromatic heterocycles. The lowest BCUT2D eigenvalue weighted by molar-refractivity contribution is 0.322. The van der Waals surface area contributed by atoms with Crippen LogP contribution in [0.3, 0.4) is 0 Å². The predicted molar refractivity (Wildman–Crippen MR) is 60.1 cm³/mol. The Morgan fingerprint density at radius 1 is 1.21 bits per heavy atom. The Labute approximate surface area is 84.0 Å². The van der Waals surface area contributed by atoms with Gasteiger partial charge in [0.2, 0.25) is 0 Å². The predicted octanol–water partition coefficient (Wildman–Crippen LogP) is 2.23. The number of anilines is 1. The molecule has 3 heteroatoms. The van der Waals surface area contributed by atoms with Gasteiger partial charge in [0, 0.05) is 19.8 Å². The molecule has 0 bridgehead atoms. The van der Waals surface area contributed by atoms with Crippen molar-refractivity contribution in [1.29, 1.82) is 0 Å². The van der Waals surface area contributed by atoms with Gasteiger partial charge in [-0.2, -0.15) is 0 Å². The van der Waals surface area contributed by atoms with Gasteiger partial charge >= 0.3 is 0 Å². The Balaban J connectivity index is 2.73. The lowest BCUT2D eigenvalue weighted by Crippen LogP contribution is -2.07. The summed E-state index contributed by atoms with van der Waals surface area (Å²) in [5.41, 5.74) is 2.24. The van der Waals surface area contributed by atoms with E-state index in [1.165, 1.54) is 6.21 Å². The second-order valence-electron chi connectivity index (χ2n) is 3.11. The van der Waals surface area contributed by atoms with Gasteiger partial charge in [-0.15, -0.1) is 0 Å². The Kier molecular flexibility index (Phi) is 3.73. The van der Waals surface area contributed by atoms with E-state index in [9.17, 15) is 0 Å². The normalized spacial score (nSPS) is 11.3. The highest BCUT2D eigenvalue weighted by atomic mass is 16.4. The third kappa shape index (κ3) is 2.94. The zero-order valence-electron chi connectivity index (χ0n) is 8.38. The highest BCUT2D eigenvalue weighted by Gasteiger charge is 1.92. The molecule has 74 valence electrons. The fourth-order valence-electron chi connectivity index (χ4n) is 1.08. The van der Waals surface area contributed by atoms with E-state index in [1.807, 2.05) is 49.3 Å². The lowest BCUT2D eigenvalue weighted by atomic mass is 10.2. The van der Waals surface area contributed by atoms with E-state index in [-0.39, 0.29) is 0 Å². The SMILES string of the molecule is CN(C)c1ccc(/C=C/C=N\O)cc1. The standard InChI is InChI=1S/C11H14N2O/c1-13(2)11-7-5-10(6-8-11)4-3-9-12-14/h3-9,14H,1-2H3/b4-3+,12-9-. The van der Waals surface area contributed by atoms with Crippen molar-refractivity contribution in [2.75, 3.05) is 19.0 Å². The Bertz CT molecular complexity index is 326. The van der Waals surface area contributed by atoms with Crippen molar-refractivity contribution in [2.45, 2.75) is 0 Å². The minimum atomic E-state index is 1.08. The molecule has 0 saturated heterocycles. The molecule has 0 aliphatic heterocycles. The molecule has 0 fully saturated rings. The first kappa shape index (κ1) is 10.3. The number of hydrogen-bond donors (Lipinski definition) is 1. The van der Waals surface area contributed by atoms with Crippen LogP contribution in [0.5, 0.6) is 0 Å². The van der Waals surface area contributed by atoms with Crippen LogP contribution in [0.1, 0.15) is 5.56 Å². The van der Waals surface area contributed by atoms with Gasteiger partial charge in [0.25, 0.3) is 0 Å². The van der Waals surface area contributed by atoms with Crippen LogP contribution in [0.15, 0.2) is 35.5 Å². The van der Waals surface area contributed by atoms with Crippen molar-refractivity contribution in [3.63, 3.8) is 0 Å². The second-order valence-corrected chi connectivity index (χ2v) is 3.11. The summed E-state index contributed by atoms with van der Waals surface area (Å²) in [6, 6.07) is 8.10. The molecule has 1 aromatic carbocycles. The minimum absolute atomic E-state index is 1.08. The molecular formula is C11H14N2O. The molecular weight excluding hydrogens is 176 g/mol. The van der Waals surface area contributed by atoms with Crippen LogP contribution >= 0.6 is 0 Å². The van der Waals surface area contributed by atoms with Crippen molar-refractivity contribution in [2.24, 2.45) is 5.16 Å². The molecule has 0 saturated carbocycles. The van der Waals surface area contributed by atoms with Crippen LogP contribution in [0.25, 0.3) is 6.08 Å². The number of rotatable bonds is 3. The van der Waals surface area contributed by atoms with Crippen molar-refractivity contribution in [3.05, 3.63) is 35.9 Å². The minimum Gasteiger partial charge on any atom is -0.411 e. The highest BCUT2D eigenvalue weighted by molar-refractivity contribution is 5.77. The molecule has 14 heavy (non-hydrogen) atoms. The molecule has 1 N–H and O–H groups in total. The molecule has 3 nitrogen and oxygen atoms in total. The maximum atomic E-state index is 8.17. The summed E-state index contributed by atoms with van der Waals surface area (Å²) in [4.78, 5) is 2.04. The van der Waals surface area contributed by atoms with E-state index in [0.29, 0.717) is 0 Å². The van der Waals surface area contributed by atoms with Gasteiger partial charge in [-0.25, -0.2) is 0 Å². The summed E-state index contributed by atoms with van der Waals surface area (Å²) < 4.78 is 0. The second kappa shape index (κ2) is 5.07. The number of allylic oxidation sites excluding steroid dienone is 1. The number of oxime groups is 1. The summed E-state index contributed by atoms with van der Waals surface area (Å²) in [5.74, 6) is 0. The van der Waals surface area contributed by atoms with E-state index >= 15 is 0 Å². The maximum absolute atomic E-state index is 8.17. The molecule has 0 amide bonds. The smallest absolute Gasteiger partial charge is 0.0661 e. The van der Waals surface area contributed by atoms with Crippen LogP contribution in [-0.2, 0) is 0 Å². The van der Waals surface area contributed by atoms with Crippen molar-refractivity contribution in [3.8, 4) is 0 Å². The average molecular weight is 190 g/mol. The van der Waals surface area contributed by atoms with Crippen molar-refractivity contribution in [1.82, 2.24) is 0 Å². The van der Waals surface area contributed by atoms with Crippen LogP contribution in [0.2, 0.25) is 0 Å². The summed E-state index contributed by atoms with van der Waals surface area (Å²) in [6.45, 7) is 0. The molecule has 0 atom stereocenters. The van der Waals surface area contributed by atoms with E-state index < -0.39 is 0 Å². The van der Waals surface area contributed by atoms with E-state index in [2.05, 4.69) is 5.16 Å². The third-order valence-electron chi connectivity index (χ3n) is 1.85. The highest BCUT2D eigenvalue weighted by Crippen LogP contribution is 2.12. The van der Waals surface area contributed by atoms with Crippen LogP contribution < -0.4 is 4.90 Å².